The van der Waals surface area contributed by atoms with Gasteiger partial charge in [0.15, 0.2) is 0 Å². The van der Waals surface area contributed by atoms with Gasteiger partial charge in [-0.15, -0.1) is 0 Å². The largest absolute Gasteiger partial charge is 0.394 e. The predicted octanol–water partition coefficient (Wildman–Crippen LogP) is 0.101. The summed E-state index contributed by atoms with van der Waals surface area (Å²) in [5, 5.41) is 17.9. The molecular weight excluding hydrogens is 222 g/mol. The quantitative estimate of drug-likeness (QED) is 0.563. The minimum Gasteiger partial charge on any atom is -0.394 e. The third kappa shape index (κ3) is 4.97. The average Bonchev–Trinajstić information content (AvgIpc) is 2.82. The van der Waals surface area contributed by atoms with Gasteiger partial charge in [0.2, 0.25) is 0 Å². The molecule has 0 fully saturated rings. The van der Waals surface area contributed by atoms with Crippen LogP contribution >= 0.6 is 0 Å². The van der Waals surface area contributed by atoms with Crippen LogP contribution in [0.3, 0.4) is 0 Å². The monoisotopic (exact) mass is 241 g/mol. The highest BCUT2D eigenvalue weighted by Crippen LogP contribution is 1.99. The zero-order chi connectivity index (χ0) is 12.5. The Bertz CT molecular complexity index is 338. The van der Waals surface area contributed by atoms with Crippen molar-refractivity contribution >= 4 is 5.91 Å². The van der Waals surface area contributed by atoms with Gasteiger partial charge in [0.25, 0.3) is 5.91 Å². The van der Waals surface area contributed by atoms with E-state index in [1.807, 2.05) is 6.92 Å². The second kappa shape index (κ2) is 7.81. The molecule has 1 rings (SSSR count). The number of aryl methyl sites for hydroxylation is 1. The van der Waals surface area contributed by atoms with E-state index in [0.29, 0.717) is 25.5 Å². The minimum atomic E-state index is -0.178. The van der Waals surface area contributed by atoms with Crippen LogP contribution in [0.2, 0.25) is 0 Å². The van der Waals surface area contributed by atoms with Crippen molar-refractivity contribution in [2.75, 3.05) is 26.4 Å². The number of aliphatic hydroxyl groups is 1. The average molecular weight is 241 g/mol. The van der Waals surface area contributed by atoms with Crippen LogP contribution in [0.5, 0.6) is 0 Å². The molecule has 1 amide bonds. The number of aromatic nitrogens is 2. The molecule has 0 radical (unpaired) electrons. The van der Waals surface area contributed by atoms with E-state index in [0.717, 1.165) is 18.5 Å². The van der Waals surface area contributed by atoms with E-state index in [9.17, 15) is 4.79 Å². The van der Waals surface area contributed by atoms with E-state index < -0.39 is 0 Å². The molecule has 6 heteroatoms. The molecule has 96 valence electrons. The predicted molar refractivity (Wildman–Crippen MR) is 62.8 cm³/mol. The number of nitrogens with zero attached hydrogens (tertiary/aromatic N) is 1. The fourth-order valence-corrected chi connectivity index (χ4v) is 1.29. The highest BCUT2D eigenvalue weighted by atomic mass is 16.5. The second-order valence-corrected chi connectivity index (χ2v) is 3.58. The van der Waals surface area contributed by atoms with Crippen LogP contribution in [0.1, 0.15) is 29.5 Å². The first-order chi connectivity index (χ1) is 8.27. The number of rotatable bonds is 8. The van der Waals surface area contributed by atoms with Gasteiger partial charge in [0, 0.05) is 18.8 Å². The molecule has 3 N–H and O–H groups in total. The number of carbonyl (C=O) groups is 1. The molecule has 0 aliphatic rings. The Morgan fingerprint density at radius 3 is 3.06 bits per heavy atom. The summed E-state index contributed by atoms with van der Waals surface area (Å²) >= 11 is 0. The zero-order valence-corrected chi connectivity index (χ0v) is 10.0. The Balaban J connectivity index is 2.16. The van der Waals surface area contributed by atoms with Gasteiger partial charge in [-0.05, 0) is 18.9 Å². The third-order valence-electron chi connectivity index (χ3n) is 2.23. The Morgan fingerprint density at radius 1 is 1.59 bits per heavy atom. The summed E-state index contributed by atoms with van der Waals surface area (Å²) < 4.78 is 5.07. The summed E-state index contributed by atoms with van der Waals surface area (Å²) in [6.07, 6.45) is 1.55. The Kier molecular flexibility index (Phi) is 6.27. The molecule has 0 spiro atoms. The summed E-state index contributed by atoms with van der Waals surface area (Å²) in [5.74, 6) is -0.178. The summed E-state index contributed by atoms with van der Waals surface area (Å²) in [7, 11) is 0. The Labute approximate surface area is 100 Å². The van der Waals surface area contributed by atoms with Gasteiger partial charge in [-0.1, -0.05) is 6.92 Å². The highest BCUT2D eigenvalue weighted by Gasteiger charge is 2.08. The molecule has 0 bridgehead atoms. The molecule has 0 aliphatic carbocycles. The minimum absolute atomic E-state index is 0.0272. The van der Waals surface area contributed by atoms with Crippen LogP contribution in [-0.4, -0.2) is 47.6 Å². The van der Waals surface area contributed by atoms with Gasteiger partial charge in [0.05, 0.1) is 13.2 Å². The van der Waals surface area contributed by atoms with Gasteiger partial charge in [0.1, 0.15) is 5.69 Å². The number of H-pyrrole nitrogens is 1. The maximum absolute atomic E-state index is 11.6. The van der Waals surface area contributed by atoms with Crippen molar-refractivity contribution in [3.8, 4) is 0 Å². The number of amides is 1. The Hall–Kier alpha value is -1.40. The zero-order valence-electron chi connectivity index (χ0n) is 10.0. The standard InChI is InChI=1S/C11H19N3O3/c1-2-9-8-10(14-13-9)11(16)12-4-3-6-17-7-5-15/h8,15H,2-7H2,1H3,(H,12,16)(H,13,14). The van der Waals surface area contributed by atoms with Crippen LogP contribution in [0, 0.1) is 0 Å². The lowest BCUT2D eigenvalue weighted by atomic mass is 10.3. The molecule has 0 saturated carbocycles. The summed E-state index contributed by atoms with van der Waals surface area (Å²) in [6, 6.07) is 1.75. The van der Waals surface area contributed by atoms with Crippen molar-refractivity contribution in [3.63, 3.8) is 0 Å². The molecule has 0 atom stereocenters. The summed E-state index contributed by atoms with van der Waals surface area (Å²) in [5.41, 5.74) is 1.36. The van der Waals surface area contributed by atoms with Crippen molar-refractivity contribution in [2.45, 2.75) is 19.8 Å². The second-order valence-electron chi connectivity index (χ2n) is 3.58. The molecule has 1 heterocycles. The first kappa shape index (κ1) is 13.7. The van der Waals surface area contributed by atoms with E-state index in [2.05, 4.69) is 15.5 Å². The fraction of sp³-hybridized carbons (Fsp3) is 0.636. The van der Waals surface area contributed by atoms with Crippen molar-refractivity contribution in [3.05, 3.63) is 17.5 Å². The number of aliphatic hydroxyl groups excluding tert-OH is 1. The van der Waals surface area contributed by atoms with Crippen molar-refractivity contribution in [2.24, 2.45) is 0 Å². The summed E-state index contributed by atoms with van der Waals surface area (Å²) in [4.78, 5) is 11.6. The van der Waals surface area contributed by atoms with Crippen LogP contribution in [0.4, 0.5) is 0 Å². The van der Waals surface area contributed by atoms with E-state index in [-0.39, 0.29) is 12.5 Å². The van der Waals surface area contributed by atoms with Crippen LogP contribution in [0.15, 0.2) is 6.07 Å². The number of aromatic amines is 1. The van der Waals surface area contributed by atoms with E-state index in [1.165, 1.54) is 0 Å². The van der Waals surface area contributed by atoms with Gasteiger partial charge >= 0.3 is 0 Å². The lowest BCUT2D eigenvalue weighted by molar-refractivity contribution is 0.0865. The Morgan fingerprint density at radius 2 is 2.41 bits per heavy atom. The fourth-order valence-electron chi connectivity index (χ4n) is 1.29. The van der Waals surface area contributed by atoms with Gasteiger partial charge in [-0.2, -0.15) is 5.10 Å². The smallest absolute Gasteiger partial charge is 0.271 e. The van der Waals surface area contributed by atoms with E-state index >= 15 is 0 Å². The van der Waals surface area contributed by atoms with Crippen LogP contribution in [-0.2, 0) is 11.2 Å². The maximum atomic E-state index is 11.6. The topological polar surface area (TPSA) is 87.2 Å². The van der Waals surface area contributed by atoms with E-state index in [1.54, 1.807) is 6.07 Å². The molecule has 17 heavy (non-hydrogen) atoms. The van der Waals surface area contributed by atoms with Gasteiger partial charge < -0.3 is 15.2 Å². The van der Waals surface area contributed by atoms with Crippen molar-refractivity contribution in [1.82, 2.24) is 15.5 Å². The first-order valence-electron chi connectivity index (χ1n) is 5.79. The molecule has 0 aromatic carbocycles. The maximum Gasteiger partial charge on any atom is 0.271 e. The molecule has 0 aliphatic heterocycles. The lowest BCUT2D eigenvalue weighted by Gasteiger charge is -2.03. The molecular formula is C11H19N3O3. The SMILES string of the molecule is CCc1cc(C(=O)NCCCOCCO)n[nH]1. The molecule has 1 aromatic heterocycles. The van der Waals surface area contributed by atoms with E-state index in [4.69, 9.17) is 9.84 Å². The number of ether oxygens (including phenoxy) is 1. The molecule has 6 nitrogen and oxygen atoms in total. The lowest BCUT2D eigenvalue weighted by Crippen LogP contribution is -2.25. The molecule has 0 unspecified atom stereocenters. The third-order valence-corrected chi connectivity index (χ3v) is 2.23. The number of hydrogen-bond acceptors (Lipinski definition) is 4. The van der Waals surface area contributed by atoms with Gasteiger partial charge in [-0.25, -0.2) is 0 Å². The van der Waals surface area contributed by atoms with Crippen LogP contribution < -0.4 is 5.32 Å². The number of hydrogen-bond donors (Lipinski definition) is 3. The van der Waals surface area contributed by atoms with Crippen LogP contribution in [0.25, 0.3) is 0 Å². The van der Waals surface area contributed by atoms with Crippen molar-refractivity contribution < 1.29 is 14.6 Å². The normalized spacial score (nSPS) is 10.5. The molecule has 1 aromatic rings. The van der Waals surface area contributed by atoms with Crippen molar-refractivity contribution in [1.29, 1.82) is 0 Å². The molecule has 0 saturated heterocycles. The first-order valence-corrected chi connectivity index (χ1v) is 5.79. The van der Waals surface area contributed by atoms with Gasteiger partial charge in [-0.3, -0.25) is 9.89 Å². The number of nitrogens with one attached hydrogen (secondary N) is 2. The highest BCUT2D eigenvalue weighted by molar-refractivity contribution is 5.92. The summed E-state index contributed by atoms with van der Waals surface area (Å²) in [6.45, 7) is 3.43. The number of carbonyl (C=O) groups excluding carboxylic acids is 1.